The van der Waals surface area contributed by atoms with E-state index in [1.54, 1.807) is 6.08 Å². The minimum Gasteiger partial charge on any atom is -0.341 e. The molecule has 0 aliphatic carbocycles. The van der Waals surface area contributed by atoms with E-state index in [4.69, 9.17) is 4.84 Å². The largest absolute Gasteiger partial charge is 0.341 e. The number of thiophene rings is 1. The molecule has 0 radical (unpaired) electrons. The van der Waals surface area contributed by atoms with Gasteiger partial charge in [0.2, 0.25) is 5.78 Å². The molecule has 0 bridgehead atoms. The molecule has 8 nitrogen and oxygen atoms in total. The van der Waals surface area contributed by atoms with Crippen molar-refractivity contribution in [2.75, 3.05) is 0 Å². The number of carbonyl (C=O) groups excluding carboxylic acids is 4. The lowest BCUT2D eigenvalue weighted by atomic mass is 9.99. The van der Waals surface area contributed by atoms with Gasteiger partial charge in [0, 0.05) is 85.1 Å². The molecule has 0 aliphatic rings. The Balaban J connectivity index is 1.11. The van der Waals surface area contributed by atoms with Crippen LogP contribution in [0.4, 0.5) is 0 Å². The van der Waals surface area contributed by atoms with Crippen LogP contribution >= 0.6 is 11.3 Å². The summed E-state index contributed by atoms with van der Waals surface area (Å²) >= 11 is 1.40. The van der Waals surface area contributed by atoms with Gasteiger partial charge in [-0.05, 0) is 122 Å². The number of nitrogens with zero attached hydrogens (tertiary/aromatic N) is 3. The summed E-state index contributed by atoms with van der Waals surface area (Å²) in [6, 6.07) is 43.7. The molecule has 0 unspecified atom stereocenters. The van der Waals surface area contributed by atoms with Crippen LogP contribution in [0.1, 0.15) is 73.4 Å². The number of benzene rings is 6. The van der Waals surface area contributed by atoms with E-state index in [0.29, 0.717) is 38.4 Å². The van der Waals surface area contributed by atoms with E-state index >= 15 is 0 Å². The molecule has 9 rings (SSSR count). The second-order valence-electron chi connectivity index (χ2n) is 14.4. The minimum absolute atomic E-state index is 0.0512. The van der Waals surface area contributed by atoms with Crippen molar-refractivity contribution in [1.82, 2.24) is 9.13 Å². The smallest absolute Gasteiger partial charge is 0.332 e. The van der Waals surface area contributed by atoms with Crippen LogP contribution in [0, 0.1) is 0 Å². The number of allylic oxidation sites excluding steroid dienone is 2. The van der Waals surface area contributed by atoms with E-state index in [9.17, 15) is 19.2 Å². The molecule has 0 spiro atoms. The van der Waals surface area contributed by atoms with Crippen LogP contribution in [0.25, 0.3) is 49.3 Å². The number of hydrogen-bond acceptors (Lipinski definition) is 7. The molecule has 0 amide bonds. The fourth-order valence-corrected chi connectivity index (χ4v) is 8.70. The van der Waals surface area contributed by atoms with Crippen LogP contribution in [-0.2, 0) is 16.2 Å². The van der Waals surface area contributed by atoms with Gasteiger partial charge in [0.1, 0.15) is 5.71 Å². The molecule has 9 heteroatoms. The minimum atomic E-state index is -0.524. The summed E-state index contributed by atoms with van der Waals surface area (Å²) in [7, 11) is 0. The molecule has 60 heavy (non-hydrogen) atoms. The predicted octanol–water partition coefficient (Wildman–Crippen LogP) is 11.5. The number of hydrogen-bond donors (Lipinski definition) is 0. The Bertz CT molecular complexity index is 3240. The molecule has 3 aromatic heterocycles. The third-order valence-electron chi connectivity index (χ3n) is 10.8. The molecule has 3 heterocycles. The van der Waals surface area contributed by atoms with Crippen molar-refractivity contribution in [2.45, 2.75) is 27.3 Å². The Hall–Kier alpha value is -7.49. The highest BCUT2D eigenvalue weighted by Crippen LogP contribution is 2.36. The number of rotatable bonds is 11. The maximum absolute atomic E-state index is 14.2. The van der Waals surface area contributed by atoms with Crippen LogP contribution in [0.15, 0.2) is 162 Å². The lowest BCUT2D eigenvalue weighted by Gasteiger charge is -2.10. The Morgan fingerprint density at radius 3 is 1.62 bits per heavy atom. The number of oxime groups is 1. The first-order valence-corrected chi connectivity index (χ1v) is 20.5. The van der Waals surface area contributed by atoms with Gasteiger partial charge in [0.25, 0.3) is 0 Å². The first-order chi connectivity index (χ1) is 29.2. The van der Waals surface area contributed by atoms with Crippen LogP contribution in [-0.4, -0.2) is 38.2 Å². The summed E-state index contributed by atoms with van der Waals surface area (Å²) in [5.74, 6) is -0.755. The fraction of sp³-hybridized carbons (Fsp3) is 0.0784. The maximum atomic E-state index is 14.2. The van der Waals surface area contributed by atoms with Gasteiger partial charge in [0.15, 0.2) is 11.6 Å². The van der Waals surface area contributed by atoms with Crippen LogP contribution in [0.3, 0.4) is 0 Å². The van der Waals surface area contributed by atoms with E-state index in [1.165, 1.54) is 18.3 Å². The van der Waals surface area contributed by atoms with Gasteiger partial charge in [-0.25, -0.2) is 4.79 Å². The topological polar surface area (TPSA) is 99.7 Å². The van der Waals surface area contributed by atoms with Gasteiger partial charge in [-0.2, -0.15) is 0 Å². The Kier molecular flexibility index (Phi) is 9.95. The van der Waals surface area contributed by atoms with Crippen molar-refractivity contribution < 1.29 is 24.0 Å². The third-order valence-corrected chi connectivity index (χ3v) is 11.7. The first-order valence-electron chi connectivity index (χ1n) is 19.6. The zero-order valence-electron chi connectivity index (χ0n) is 33.0. The zero-order valence-corrected chi connectivity index (χ0v) is 33.8. The molecule has 0 atom stereocenters. The number of carbonyl (C=O) groups is 4. The van der Waals surface area contributed by atoms with Crippen LogP contribution < -0.4 is 0 Å². The molecular formula is C51H37N3O5S. The van der Waals surface area contributed by atoms with E-state index in [-0.39, 0.29) is 17.3 Å². The fourth-order valence-electron chi connectivity index (χ4n) is 8.01. The van der Waals surface area contributed by atoms with Crippen molar-refractivity contribution in [3.05, 3.63) is 195 Å². The summed E-state index contributed by atoms with van der Waals surface area (Å²) in [4.78, 5) is 58.4. The zero-order chi connectivity index (χ0) is 41.5. The van der Waals surface area contributed by atoms with Gasteiger partial charge in [0.05, 0.1) is 15.9 Å². The molecule has 0 saturated carbocycles. The number of ketones is 3. The SMILES string of the molecule is C/C=C\C(=N/OC(C)=O)c1ccc2c(c1)c1cc(C(=O)c3cccs3)ccc1n2-c1ccc(C(=O)c2ccc3c(c2)c2cc(C(=O)c4ccccc4)ccc2n3CC)cc1. The Morgan fingerprint density at radius 2 is 1.08 bits per heavy atom. The highest BCUT2D eigenvalue weighted by atomic mass is 32.1. The summed E-state index contributed by atoms with van der Waals surface area (Å²) in [6.45, 7) is 5.98. The normalized spacial score (nSPS) is 11.9. The first kappa shape index (κ1) is 38.1. The molecule has 0 saturated heterocycles. The van der Waals surface area contributed by atoms with E-state index < -0.39 is 5.97 Å². The Morgan fingerprint density at radius 1 is 0.583 bits per heavy atom. The van der Waals surface area contributed by atoms with Gasteiger partial charge >= 0.3 is 5.97 Å². The van der Waals surface area contributed by atoms with Crippen molar-refractivity contribution >= 4 is 84.0 Å². The summed E-state index contributed by atoms with van der Waals surface area (Å²) in [6.07, 6.45) is 3.59. The molecule has 0 N–H and O–H groups in total. The van der Waals surface area contributed by atoms with Gasteiger partial charge < -0.3 is 14.0 Å². The monoisotopic (exact) mass is 803 g/mol. The third kappa shape index (κ3) is 6.74. The average molecular weight is 804 g/mol. The maximum Gasteiger partial charge on any atom is 0.332 e. The summed E-state index contributed by atoms with van der Waals surface area (Å²) in [5, 5.41) is 9.55. The van der Waals surface area contributed by atoms with E-state index in [2.05, 4.69) is 21.2 Å². The van der Waals surface area contributed by atoms with E-state index in [1.807, 2.05) is 158 Å². The van der Waals surface area contributed by atoms with Crippen LogP contribution in [0.2, 0.25) is 0 Å². The second kappa shape index (κ2) is 15.7. The quantitative estimate of drug-likeness (QED) is 0.0561. The average Bonchev–Trinajstić information content (AvgIpc) is 4.02. The lowest BCUT2D eigenvalue weighted by Crippen LogP contribution is -2.03. The van der Waals surface area contributed by atoms with Crippen molar-refractivity contribution in [3.63, 3.8) is 0 Å². The number of aromatic nitrogens is 2. The Labute approximate surface area is 349 Å². The standard InChI is InChI=1S/C51H37N3O5S/c1-4-10-43(52-59-31(3)55)34-16-24-46-41(27-34)42-30-37(51(58)48-13-9-26-60-48)19-25-47(42)54(46)38-20-14-33(15-21-38)50(57)36-18-23-45-40(29-36)39-28-35(17-22-44(39)53(45)5-2)49(56)32-11-7-6-8-12-32/h4,6-30H,5H2,1-3H3/b10-4-,52-43+. The van der Waals surface area contributed by atoms with Gasteiger partial charge in [-0.3, -0.25) is 14.4 Å². The molecule has 0 fully saturated rings. The molecule has 292 valence electrons. The van der Waals surface area contributed by atoms with Crippen molar-refractivity contribution in [2.24, 2.45) is 5.16 Å². The molecule has 9 aromatic rings. The summed E-state index contributed by atoms with van der Waals surface area (Å²) in [5.41, 5.74) is 8.64. The lowest BCUT2D eigenvalue weighted by molar-refractivity contribution is -0.140. The number of fused-ring (bicyclic) bond motifs is 6. The molecule has 0 aliphatic heterocycles. The van der Waals surface area contributed by atoms with Crippen molar-refractivity contribution in [3.8, 4) is 5.69 Å². The highest BCUT2D eigenvalue weighted by molar-refractivity contribution is 7.12. The van der Waals surface area contributed by atoms with Crippen LogP contribution in [0.5, 0.6) is 0 Å². The highest BCUT2D eigenvalue weighted by Gasteiger charge is 2.20. The predicted molar refractivity (Wildman–Crippen MR) is 240 cm³/mol. The summed E-state index contributed by atoms with van der Waals surface area (Å²) < 4.78 is 4.31. The molecule has 6 aromatic carbocycles. The van der Waals surface area contributed by atoms with E-state index in [0.717, 1.165) is 61.4 Å². The second-order valence-corrected chi connectivity index (χ2v) is 15.4. The van der Waals surface area contributed by atoms with Gasteiger partial charge in [-0.15, -0.1) is 11.3 Å². The van der Waals surface area contributed by atoms with Gasteiger partial charge in [-0.1, -0.05) is 53.7 Å². The number of aryl methyl sites for hydroxylation is 1. The molecular weight excluding hydrogens is 767 g/mol. The van der Waals surface area contributed by atoms with Crippen molar-refractivity contribution in [1.29, 1.82) is 0 Å².